The molecule has 27 heavy (non-hydrogen) atoms. The first-order valence-corrected chi connectivity index (χ1v) is 8.08. The van der Waals surface area contributed by atoms with Gasteiger partial charge in [-0.25, -0.2) is 0 Å². The zero-order chi connectivity index (χ0) is 19.4. The number of carbonyl (C=O) groups is 1. The number of hydrogen-bond acceptors (Lipinski definition) is 4. The molecule has 1 aliphatic heterocycles. The number of fused-ring (bicyclic) bond motifs is 1. The van der Waals surface area contributed by atoms with E-state index in [4.69, 9.17) is 21.1 Å². The van der Waals surface area contributed by atoms with Gasteiger partial charge in [-0.3, -0.25) is 4.79 Å². The molecule has 0 unspecified atom stereocenters. The van der Waals surface area contributed by atoms with Crippen LogP contribution >= 0.6 is 11.6 Å². The van der Waals surface area contributed by atoms with Crippen molar-refractivity contribution in [1.82, 2.24) is 5.32 Å². The van der Waals surface area contributed by atoms with Gasteiger partial charge in [0.15, 0.2) is 11.5 Å². The molecule has 0 bridgehead atoms. The monoisotopic (exact) mass is 399 g/mol. The lowest BCUT2D eigenvalue weighted by molar-refractivity contribution is -0.274. The number of halogens is 4. The van der Waals surface area contributed by atoms with Crippen molar-refractivity contribution in [2.24, 2.45) is 0 Å². The second kappa shape index (κ2) is 7.79. The number of nitrogens with one attached hydrogen (secondary N) is 1. The number of carbonyl (C=O) groups excluding carboxylic acids is 1. The summed E-state index contributed by atoms with van der Waals surface area (Å²) in [6.45, 7) is -0.0561. The van der Waals surface area contributed by atoms with E-state index in [2.05, 4.69) is 10.1 Å². The third kappa shape index (κ3) is 5.07. The molecule has 5 nitrogen and oxygen atoms in total. The Balaban J connectivity index is 1.62. The molecule has 0 saturated carbocycles. The molecular weight excluding hydrogens is 387 g/mol. The van der Waals surface area contributed by atoms with Gasteiger partial charge in [0.2, 0.25) is 12.7 Å². The maximum absolute atomic E-state index is 12.4. The average Bonchev–Trinajstić information content (AvgIpc) is 3.07. The Bertz CT molecular complexity index is 883. The number of benzene rings is 2. The van der Waals surface area contributed by atoms with Crippen LogP contribution in [0.15, 0.2) is 42.5 Å². The molecule has 3 rings (SSSR count). The standard InChI is InChI=1S/C18H13ClF3NO4/c19-13-7-11(8-15-17(13)26-10-25-15)5-6-16(24)23-9-12-3-1-2-4-14(12)27-18(20,21)22/h1-8H,9-10H2,(H,23,24)/b6-5+. The van der Waals surface area contributed by atoms with Gasteiger partial charge >= 0.3 is 6.36 Å². The second-order valence-corrected chi connectivity index (χ2v) is 5.85. The summed E-state index contributed by atoms with van der Waals surface area (Å²) in [7, 11) is 0. The maximum atomic E-state index is 12.4. The van der Waals surface area contributed by atoms with Crippen LogP contribution in [0.4, 0.5) is 13.2 Å². The summed E-state index contributed by atoms with van der Waals surface area (Å²) in [6, 6.07) is 8.84. The quantitative estimate of drug-likeness (QED) is 0.762. The van der Waals surface area contributed by atoms with Gasteiger partial charge in [-0.1, -0.05) is 29.8 Å². The van der Waals surface area contributed by atoms with E-state index in [1.165, 1.54) is 30.4 Å². The van der Waals surface area contributed by atoms with Crippen LogP contribution in [0.3, 0.4) is 0 Å². The average molecular weight is 400 g/mol. The third-order valence-corrected chi connectivity index (χ3v) is 3.81. The van der Waals surface area contributed by atoms with Gasteiger partial charge in [0.1, 0.15) is 5.75 Å². The Morgan fingerprint density at radius 1 is 1.26 bits per heavy atom. The molecular formula is C18H13ClF3NO4. The molecule has 142 valence electrons. The molecule has 0 spiro atoms. The molecule has 1 heterocycles. The molecule has 0 aliphatic carbocycles. The van der Waals surface area contributed by atoms with Crippen LogP contribution in [0.25, 0.3) is 6.08 Å². The summed E-state index contributed by atoms with van der Waals surface area (Å²) < 4.78 is 51.6. The van der Waals surface area contributed by atoms with E-state index in [1.807, 2.05) is 0 Å². The summed E-state index contributed by atoms with van der Waals surface area (Å²) in [5, 5.41) is 2.85. The maximum Gasteiger partial charge on any atom is 0.573 e. The number of alkyl halides is 3. The molecule has 0 aromatic heterocycles. The predicted molar refractivity (Wildman–Crippen MR) is 91.6 cm³/mol. The van der Waals surface area contributed by atoms with E-state index in [0.717, 1.165) is 0 Å². The normalized spacial score (nSPS) is 13.0. The number of ether oxygens (including phenoxy) is 3. The van der Waals surface area contributed by atoms with Crippen LogP contribution in [-0.4, -0.2) is 19.1 Å². The highest BCUT2D eigenvalue weighted by Crippen LogP contribution is 2.40. The molecule has 1 aliphatic rings. The summed E-state index contributed by atoms with van der Waals surface area (Å²) >= 11 is 6.06. The van der Waals surface area contributed by atoms with Crippen LogP contribution < -0.4 is 19.5 Å². The van der Waals surface area contributed by atoms with E-state index in [9.17, 15) is 18.0 Å². The summed E-state index contributed by atoms with van der Waals surface area (Å²) in [4.78, 5) is 12.0. The highest BCUT2D eigenvalue weighted by Gasteiger charge is 2.31. The van der Waals surface area contributed by atoms with Gasteiger partial charge < -0.3 is 19.5 Å². The van der Waals surface area contributed by atoms with Crippen LogP contribution in [0, 0.1) is 0 Å². The fourth-order valence-electron chi connectivity index (χ4n) is 2.37. The van der Waals surface area contributed by atoms with Gasteiger partial charge in [0, 0.05) is 18.2 Å². The summed E-state index contributed by atoms with van der Waals surface area (Å²) in [5.41, 5.74) is 0.808. The topological polar surface area (TPSA) is 56.8 Å². The van der Waals surface area contributed by atoms with Crippen molar-refractivity contribution in [3.63, 3.8) is 0 Å². The van der Waals surface area contributed by atoms with Crippen LogP contribution in [0.1, 0.15) is 11.1 Å². The number of amides is 1. The Hall–Kier alpha value is -2.87. The molecule has 1 amide bonds. The minimum atomic E-state index is -4.81. The lowest BCUT2D eigenvalue weighted by atomic mass is 10.2. The smallest absolute Gasteiger partial charge is 0.454 e. The van der Waals surface area contributed by atoms with Crippen molar-refractivity contribution in [3.05, 3.63) is 58.6 Å². The van der Waals surface area contributed by atoms with Crippen LogP contribution in [-0.2, 0) is 11.3 Å². The number of rotatable bonds is 5. The van der Waals surface area contributed by atoms with Gasteiger partial charge in [0.05, 0.1) is 5.02 Å². The highest BCUT2D eigenvalue weighted by atomic mass is 35.5. The first-order chi connectivity index (χ1) is 12.8. The fourth-order valence-corrected chi connectivity index (χ4v) is 2.64. The minimum absolute atomic E-state index is 0.0715. The summed E-state index contributed by atoms with van der Waals surface area (Å²) in [5.74, 6) is 0.0581. The van der Waals surface area contributed by atoms with Crippen molar-refractivity contribution in [2.75, 3.05) is 6.79 Å². The largest absolute Gasteiger partial charge is 0.573 e. The molecule has 0 atom stereocenters. The Labute approximate surface area is 157 Å². The first-order valence-electron chi connectivity index (χ1n) is 7.70. The van der Waals surface area contributed by atoms with Gasteiger partial charge in [-0.15, -0.1) is 13.2 Å². The molecule has 0 saturated heterocycles. The zero-order valence-corrected chi connectivity index (χ0v) is 14.4. The van der Waals surface area contributed by atoms with E-state index in [-0.39, 0.29) is 24.7 Å². The van der Waals surface area contributed by atoms with Crippen molar-refractivity contribution in [2.45, 2.75) is 12.9 Å². The SMILES string of the molecule is O=C(/C=C/c1cc(Cl)c2c(c1)OCO2)NCc1ccccc1OC(F)(F)F. The van der Waals surface area contributed by atoms with Gasteiger partial charge in [-0.05, 0) is 29.8 Å². The van der Waals surface area contributed by atoms with E-state index >= 15 is 0 Å². The molecule has 0 radical (unpaired) electrons. The Morgan fingerprint density at radius 3 is 2.81 bits per heavy atom. The number of para-hydroxylation sites is 1. The van der Waals surface area contributed by atoms with Gasteiger partial charge in [0.25, 0.3) is 0 Å². The molecule has 2 aromatic rings. The molecule has 2 aromatic carbocycles. The van der Waals surface area contributed by atoms with Crippen LogP contribution in [0.5, 0.6) is 17.2 Å². The Morgan fingerprint density at radius 2 is 2.04 bits per heavy atom. The van der Waals surface area contributed by atoms with Crippen molar-refractivity contribution in [3.8, 4) is 17.2 Å². The van der Waals surface area contributed by atoms with E-state index < -0.39 is 12.3 Å². The zero-order valence-electron chi connectivity index (χ0n) is 13.7. The lowest BCUT2D eigenvalue weighted by Crippen LogP contribution is -2.22. The van der Waals surface area contributed by atoms with Crippen molar-refractivity contribution >= 4 is 23.6 Å². The van der Waals surface area contributed by atoms with E-state index in [1.54, 1.807) is 18.2 Å². The molecule has 0 fully saturated rings. The van der Waals surface area contributed by atoms with Crippen molar-refractivity contribution < 1.29 is 32.2 Å². The minimum Gasteiger partial charge on any atom is -0.454 e. The second-order valence-electron chi connectivity index (χ2n) is 5.44. The first kappa shape index (κ1) is 18.9. The van der Waals surface area contributed by atoms with Gasteiger partial charge in [-0.2, -0.15) is 0 Å². The molecule has 1 N–H and O–H groups in total. The Kier molecular flexibility index (Phi) is 5.46. The lowest BCUT2D eigenvalue weighted by Gasteiger charge is -2.13. The summed E-state index contributed by atoms with van der Waals surface area (Å²) in [6.07, 6.45) is -2.07. The number of hydrogen-bond donors (Lipinski definition) is 1. The predicted octanol–water partition coefficient (Wildman–Crippen LogP) is 4.30. The van der Waals surface area contributed by atoms with E-state index in [0.29, 0.717) is 22.1 Å². The highest BCUT2D eigenvalue weighted by molar-refractivity contribution is 6.32. The molecule has 9 heteroatoms. The van der Waals surface area contributed by atoms with Crippen molar-refractivity contribution in [1.29, 1.82) is 0 Å². The van der Waals surface area contributed by atoms with Crippen LogP contribution in [0.2, 0.25) is 5.02 Å². The fraction of sp³-hybridized carbons (Fsp3) is 0.167. The third-order valence-electron chi connectivity index (χ3n) is 3.53.